The number of phosphoric acid groups is 1. The fraction of sp³-hybridized carbons (Fsp3) is 1.00. The molecular formula is C9H13F6O4P. The van der Waals surface area contributed by atoms with Crippen molar-refractivity contribution in [1.29, 1.82) is 0 Å². The molecule has 4 nitrogen and oxygen atoms in total. The van der Waals surface area contributed by atoms with Gasteiger partial charge >= 0.3 is 19.9 Å². The minimum atomic E-state index is -5.86. The number of hydrogen-bond acceptors (Lipinski definition) is 3. The highest BCUT2D eigenvalue weighted by Crippen LogP contribution is 2.59. The van der Waals surface area contributed by atoms with Gasteiger partial charge in [-0.1, -0.05) is 13.8 Å². The van der Waals surface area contributed by atoms with Crippen LogP contribution in [-0.2, 0) is 13.6 Å². The van der Waals surface area contributed by atoms with E-state index in [-0.39, 0.29) is 0 Å². The summed E-state index contributed by atoms with van der Waals surface area (Å²) in [6.45, 7) is 2.28. The van der Waals surface area contributed by atoms with Gasteiger partial charge < -0.3 is 4.89 Å². The Balaban J connectivity index is 3.25. The standard InChI is InChI=1S/C9H13F6O4P/c1-5(2)7(11)4-3-6(10)8(12,13)9(14,15)19-20(16,17)18-7/h5-6H,3-4H2,1-2H3,(H,16,17). The molecule has 3 atom stereocenters. The maximum absolute atomic E-state index is 14.2. The minimum Gasteiger partial charge on any atom is -0.302 e. The van der Waals surface area contributed by atoms with Crippen LogP contribution in [0.1, 0.15) is 26.7 Å². The second-order valence-corrected chi connectivity index (χ2v) is 6.04. The summed E-state index contributed by atoms with van der Waals surface area (Å²) < 4.78 is 98.0. The topological polar surface area (TPSA) is 55.8 Å². The van der Waals surface area contributed by atoms with Gasteiger partial charge in [0.05, 0.1) is 0 Å². The maximum atomic E-state index is 14.2. The van der Waals surface area contributed by atoms with Gasteiger partial charge in [-0.2, -0.15) is 17.6 Å². The van der Waals surface area contributed by atoms with Crippen molar-refractivity contribution in [1.82, 2.24) is 0 Å². The fourth-order valence-corrected chi connectivity index (χ4v) is 2.68. The minimum absolute atomic E-state index is 1.11. The third kappa shape index (κ3) is 3.29. The van der Waals surface area contributed by atoms with Gasteiger partial charge in [-0.15, -0.1) is 0 Å². The first-order chi connectivity index (χ1) is 8.74. The molecule has 0 radical (unpaired) electrons. The van der Waals surface area contributed by atoms with Crippen LogP contribution < -0.4 is 0 Å². The number of rotatable bonds is 1. The van der Waals surface area contributed by atoms with E-state index in [9.17, 15) is 30.9 Å². The van der Waals surface area contributed by atoms with Crippen molar-refractivity contribution in [3.8, 4) is 0 Å². The van der Waals surface area contributed by atoms with Crippen LogP contribution in [0, 0.1) is 5.92 Å². The molecule has 1 heterocycles. The normalized spacial score (nSPS) is 41.8. The average Bonchev–Trinajstić information content (AvgIpc) is 2.23. The van der Waals surface area contributed by atoms with Crippen molar-refractivity contribution < 1.29 is 44.8 Å². The highest BCUT2D eigenvalue weighted by Gasteiger charge is 2.67. The van der Waals surface area contributed by atoms with Crippen LogP contribution in [0.15, 0.2) is 0 Å². The lowest BCUT2D eigenvalue weighted by Gasteiger charge is -2.30. The third-order valence-electron chi connectivity index (χ3n) is 2.88. The van der Waals surface area contributed by atoms with E-state index in [2.05, 4.69) is 9.05 Å². The van der Waals surface area contributed by atoms with E-state index >= 15 is 0 Å². The summed E-state index contributed by atoms with van der Waals surface area (Å²) in [7, 11) is -5.86. The highest BCUT2D eigenvalue weighted by atomic mass is 31.2. The zero-order chi connectivity index (χ0) is 16.0. The first kappa shape index (κ1) is 17.7. The molecule has 1 aliphatic rings. The smallest absolute Gasteiger partial charge is 0.302 e. The van der Waals surface area contributed by atoms with Crippen molar-refractivity contribution in [3.05, 3.63) is 0 Å². The molecule has 11 heteroatoms. The van der Waals surface area contributed by atoms with Crippen molar-refractivity contribution in [2.75, 3.05) is 0 Å². The summed E-state index contributed by atoms with van der Waals surface area (Å²) in [5, 5.41) is 0. The van der Waals surface area contributed by atoms with E-state index in [0.717, 1.165) is 13.8 Å². The van der Waals surface area contributed by atoms with E-state index in [4.69, 9.17) is 4.89 Å². The van der Waals surface area contributed by atoms with Crippen LogP contribution in [-0.4, -0.2) is 29.0 Å². The molecule has 1 rings (SSSR count). The number of alkyl halides is 6. The summed E-state index contributed by atoms with van der Waals surface area (Å²) in [6, 6.07) is 0. The number of hydrogen-bond donors (Lipinski definition) is 1. The van der Waals surface area contributed by atoms with Gasteiger partial charge in [0.1, 0.15) is 0 Å². The van der Waals surface area contributed by atoms with Crippen molar-refractivity contribution >= 4 is 7.82 Å². The Morgan fingerprint density at radius 2 is 1.70 bits per heavy atom. The SMILES string of the molecule is CC(C)C1(F)CCC(F)C(F)(F)C(F)(F)OP(=O)(O)O1. The van der Waals surface area contributed by atoms with E-state index in [1.54, 1.807) is 0 Å². The number of halogens is 6. The molecule has 0 bridgehead atoms. The molecular weight excluding hydrogens is 317 g/mol. The molecule has 1 fully saturated rings. The number of phosphoric ester groups is 1. The summed E-state index contributed by atoms with van der Waals surface area (Å²) in [4.78, 5) is 8.98. The predicted octanol–water partition coefficient (Wildman–Crippen LogP) is 3.80. The molecule has 3 unspecified atom stereocenters. The Morgan fingerprint density at radius 1 is 1.20 bits per heavy atom. The lowest BCUT2D eigenvalue weighted by Crippen LogP contribution is -2.48. The quantitative estimate of drug-likeness (QED) is 0.587. The van der Waals surface area contributed by atoms with E-state index in [1.165, 1.54) is 0 Å². The monoisotopic (exact) mass is 330 g/mol. The summed E-state index contributed by atoms with van der Waals surface area (Å²) >= 11 is 0. The van der Waals surface area contributed by atoms with Gasteiger partial charge in [0.25, 0.3) is 0 Å². The lowest BCUT2D eigenvalue weighted by molar-refractivity contribution is -0.332. The molecule has 0 aromatic heterocycles. The van der Waals surface area contributed by atoms with Gasteiger partial charge in [-0.25, -0.2) is 22.4 Å². The molecule has 20 heavy (non-hydrogen) atoms. The average molecular weight is 330 g/mol. The van der Waals surface area contributed by atoms with Crippen LogP contribution in [0.3, 0.4) is 0 Å². The van der Waals surface area contributed by atoms with Crippen LogP contribution in [0.2, 0.25) is 0 Å². The van der Waals surface area contributed by atoms with Gasteiger partial charge in [0, 0.05) is 12.3 Å². The molecule has 1 N–H and O–H groups in total. The van der Waals surface area contributed by atoms with Crippen LogP contribution in [0.4, 0.5) is 26.3 Å². The molecule has 120 valence electrons. The van der Waals surface area contributed by atoms with Crippen molar-refractivity contribution in [2.24, 2.45) is 5.92 Å². The van der Waals surface area contributed by atoms with Gasteiger partial charge in [-0.3, -0.25) is 0 Å². The predicted molar refractivity (Wildman–Crippen MR) is 54.7 cm³/mol. The van der Waals surface area contributed by atoms with Gasteiger partial charge in [0.2, 0.25) is 5.85 Å². The molecule has 0 aromatic carbocycles. The molecule has 0 aliphatic carbocycles. The molecule has 0 amide bonds. The highest BCUT2D eigenvalue weighted by molar-refractivity contribution is 7.47. The van der Waals surface area contributed by atoms with Crippen LogP contribution in [0.5, 0.6) is 0 Å². The summed E-state index contributed by atoms with van der Waals surface area (Å²) in [6.07, 6.45) is -11.5. The van der Waals surface area contributed by atoms with Crippen molar-refractivity contribution in [3.63, 3.8) is 0 Å². The van der Waals surface area contributed by atoms with Gasteiger partial charge in [-0.05, 0) is 6.42 Å². The Morgan fingerprint density at radius 3 is 2.15 bits per heavy atom. The fourth-order valence-electron chi connectivity index (χ4n) is 1.54. The lowest BCUT2D eigenvalue weighted by atomic mass is 9.96. The zero-order valence-electron chi connectivity index (χ0n) is 10.5. The van der Waals surface area contributed by atoms with E-state index < -0.39 is 50.6 Å². The summed E-state index contributed by atoms with van der Waals surface area (Å²) in [5.74, 6) is -9.62. The molecule has 1 aliphatic heterocycles. The summed E-state index contributed by atoms with van der Waals surface area (Å²) in [5.41, 5.74) is 0. The van der Waals surface area contributed by atoms with E-state index in [1.807, 2.05) is 0 Å². The second-order valence-electron chi connectivity index (χ2n) is 4.74. The Kier molecular flexibility index (Phi) is 4.57. The third-order valence-corrected chi connectivity index (χ3v) is 3.87. The first-order valence-electron chi connectivity index (χ1n) is 5.56. The molecule has 0 aromatic rings. The molecule has 0 saturated carbocycles. The molecule has 0 spiro atoms. The maximum Gasteiger partial charge on any atom is 0.479 e. The zero-order valence-corrected chi connectivity index (χ0v) is 11.4. The van der Waals surface area contributed by atoms with E-state index in [0.29, 0.717) is 0 Å². The first-order valence-corrected chi connectivity index (χ1v) is 7.06. The van der Waals surface area contributed by atoms with Gasteiger partial charge in [0.15, 0.2) is 6.17 Å². The van der Waals surface area contributed by atoms with Crippen LogP contribution in [0.25, 0.3) is 0 Å². The Bertz CT molecular complexity index is 417. The van der Waals surface area contributed by atoms with Crippen molar-refractivity contribution in [2.45, 2.75) is 50.7 Å². The second kappa shape index (κ2) is 5.15. The Labute approximate surface area is 110 Å². The Hall–Kier alpha value is -0.310. The molecule has 1 saturated heterocycles. The van der Waals surface area contributed by atoms with Crippen LogP contribution >= 0.6 is 7.82 Å². The largest absolute Gasteiger partial charge is 0.479 e.